The first kappa shape index (κ1) is 33.3. The molecule has 214 valence electrons. The van der Waals surface area contributed by atoms with Crippen LogP contribution in [0.25, 0.3) is 0 Å². The minimum Gasteiger partial charge on any atom is -0.481 e. The highest BCUT2D eigenvalue weighted by Crippen LogP contribution is 2.21. The first-order valence-corrected chi connectivity index (χ1v) is 14.2. The number of hydrogen-bond acceptors (Lipinski definition) is 11. The molecular weight excluding hydrogens is 544 g/mol. The van der Waals surface area contributed by atoms with Crippen LogP contribution in [-0.4, -0.2) is 98.1 Å². The van der Waals surface area contributed by atoms with Crippen molar-refractivity contribution in [2.45, 2.75) is 57.4 Å². The number of nitrogens with zero attached hydrogens (tertiary/aromatic N) is 1. The van der Waals surface area contributed by atoms with Gasteiger partial charge < -0.3 is 30.9 Å². The molecule has 0 spiro atoms. The molecule has 0 heterocycles. The fraction of sp³-hybridized carbons (Fsp3) is 0.565. The third-order valence-electron chi connectivity index (χ3n) is 5.00. The number of amides is 1. The van der Waals surface area contributed by atoms with Crippen molar-refractivity contribution in [2.75, 3.05) is 23.9 Å². The summed E-state index contributed by atoms with van der Waals surface area (Å²) in [5, 5.41) is 36.6. The maximum atomic E-state index is 13.0. The molecule has 6 N–H and O–H groups in total. The number of Topliss-reactive ketones (excluding diaryl/α,β-unsaturated/α-hetero) is 1. The van der Waals surface area contributed by atoms with E-state index in [0.29, 0.717) is 4.31 Å². The number of benzene rings is 1. The predicted octanol–water partition coefficient (Wildman–Crippen LogP) is 0.670. The lowest BCUT2D eigenvalue weighted by Gasteiger charge is -2.27. The van der Waals surface area contributed by atoms with Gasteiger partial charge >= 0.3 is 18.0 Å². The molecule has 13 nitrogen and oxygen atoms in total. The van der Waals surface area contributed by atoms with Gasteiger partial charge in [-0.2, -0.15) is 16.1 Å². The molecule has 1 aromatic carbocycles. The molecule has 0 aromatic heterocycles. The molecule has 0 saturated carbocycles. The van der Waals surface area contributed by atoms with Crippen molar-refractivity contribution in [1.82, 2.24) is 4.31 Å². The summed E-state index contributed by atoms with van der Waals surface area (Å²) in [7, 11) is -4.20. The number of aliphatic carboxylic acids is 2. The number of carbonyl (C=O) groups is 4. The number of carbonyl (C=O) groups excluding carboxylic acids is 2. The first-order valence-electron chi connectivity index (χ1n) is 11.4. The van der Waals surface area contributed by atoms with Gasteiger partial charge in [-0.1, -0.05) is 24.3 Å². The van der Waals surface area contributed by atoms with Crippen LogP contribution in [0.2, 0.25) is 0 Å². The summed E-state index contributed by atoms with van der Waals surface area (Å²) in [5.74, 6) is -4.40. The van der Waals surface area contributed by atoms with Gasteiger partial charge in [0, 0.05) is 23.5 Å². The third-order valence-corrected chi connectivity index (χ3v) is 8.04. The number of carboxylic acid groups (broad SMARTS) is 2. The second kappa shape index (κ2) is 13.9. The van der Waals surface area contributed by atoms with Gasteiger partial charge in [-0.05, 0) is 32.8 Å². The summed E-state index contributed by atoms with van der Waals surface area (Å²) >= 11 is 1.07. The molecule has 1 amide bonds. The van der Waals surface area contributed by atoms with E-state index in [1.54, 1.807) is 20.8 Å². The minimum absolute atomic E-state index is 0.0241. The fourth-order valence-electron chi connectivity index (χ4n) is 2.94. The third kappa shape index (κ3) is 10.2. The molecule has 0 saturated heterocycles. The number of sulfonamides is 1. The van der Waals surface area contributed by atoms with E-state index in [1.165, 1.54) is 24.3 Å². The van der Waals surface area contributed by atoms with E-state index in [-0.39, 0.29) is 22.6 Å². The normalized spacial score (nSPS) is 14.3. The number of hydrogen-bond donors (Lipinski definition) is 5. The van der Waals surface area contributed by atoms with Crippen LogP contribution in [0.15, 0.2) is 24.3 Å². The number of ether oxygens (including phenoxy) is 1. The van der Waals surface area contributed by atoms with Crippen LogP contribution in [-0.2, 0) is 30.9 Å². The highest BCUT2D eigenvalue weighted by Gasteiger charge is 2.42. The lowest BCUT2D eigenvalue weighted by atomic mass is 9.85. The summed E-state index contributed by atoms with van der Waals surface area (Å²) < 4.78 is 31.8. The van der Waals surface area contributed by atoms with Crippen molar-refractivity contribution < 1.29 is 52.8 Å². The predicted molar refractivity (Wildman–Crippen MR) is 138 cm³/mol. The molecule has 2 unspecified atom stereocenters. The summed E-state index contributed by atoms with van der Waals surface area (Å²) in [5.41, 5.74) is 2.37. The Bertz CT molecular complexity index is 1100. The summed E-state index contributed by atoms with van der Waals surface area (Å²) in [6, 6.07) is 5.03. The Balaban J connectivity index is 3.16. The number of ketones is 1. The van der Waals surface area contributed by atoms with Crippen LogP contribution in [0.1, 0.15) is 49.5 Å². The Morgan fingerprint density at radius 2 is 1.68 bits per heavy atom. The van der Waals surface area contributed by atoms with E-state index in [1.807, 2.05) is 0 Å². The lowest BCUT2D eigenvalue weighted by molar-refractivity contribution is -0.142. The molecule has 0 aliphatic heterocycles. The van der Waals surface area contributed by atoms with Crippen molar-refractivity contribution >= 4 is 45.6 Å². The van der Waals surface area contributed by atoms with Gasteiger partial charge in [0.15, 0.2) is 11.3 Å². The number of aliphatic hydroxyl groups is 2. The summed E-state index contributed by atoms with van der Waals surface area (Å²) in [4.78, 5) is 48.0. The zero-order valence-electron chi connectivity index (χ0n) is 21.3. The number of carboxylic acids is 2. The monoisotopic (exact) mass is 578 g/mol. The van der Waals surface area contributed by atoms with Crippen LogP contribution < -0.4 is 5.73 Å². The smallest absolute Gasteiger partial charge is 0.424 e. The number of aliphatic hydroxyl groups excluding tert-OH is 2. The van der Waals surface area contributed by atoms with Gasteiger partial charge in [-0.25, -0.2) is 18.0 Å². The Kier molecular flexibility index (Phi) is 12.2. The van der Waals surface area contributed by atoms with Crippen molar-refractivity contribution in [3.05, 3.63) is 35.4 Å². The van der Waals surface area contributed by atoms with E-state index in [4.69, 9.17) is 20.7 Å². The molecule has 0 fully saturated rings. The number of thioether (sulfide) groups is 1. The molecule has 0 aliphatic carbocycles. The van der Waals surface area contributed by atoms with E-state index in [9.17, 15) is 37.8 Å². The molecule has 15 heteroatoms. The maximum absolute atomic E-state index is 13.0. The van der Waals surface area contributed by atoms with E-state index >= 15 is 0 Å². The standard InChI is InChI=1S/C23H34N2O11S2/c1-22(2,3)36-21(33)25(38(34,35)11-10-37-14-17(27)13-26)12-15-4-6-16(7-5-15)19(30)23(24,20(31)32)9-8-18(28)29/h4-7,17,26-27H,8-14,24H2,1-3H3,(H,28,29)(H,31,32). The maximum Gasteiger partial charge on any atom is 0.424 e. The molecule has 1 rings (SSSR count). The molecule has 0 aliphatic rings. The highest BCUT2D eigenvalue weighted by molar-refractivity contribution is 8.00. The fourth-order valence-corrected chi connectivity index (χ4v) is 5.63. The van der Waals surface area contributed by atoms with Gasteiger partial charge in [-0.15, -0.1) is 0 Å². The summed E-state index contributed by atoms with van der Waals surface area (Å²) in [6.45, 7) is 3.76. The van der Waals surface area contributed by atoms with E-state index in [0.717, 1.165) is 11.8 Å². The quantitative estimate of drug-likeness (QED) is 0.110. The molecule has 0 radical (unpaired) electrons. The van der Waals surface area contributed by atoms with Gasteiger partial charge in [0.1, 0.15) is 5.60 Å². The molecule has 38 heavy (non-hydrogen) atoms. The minimum atomic E-state index is -4.20. The lowest BCUT2D eigenvalue weighted by Crippen LogP contribution is -2.55. The van der Waals surface area contributed by atoms with Gasteiger partial charge in [0.25, 0.3) is 0 Å². The van der Waals surface area contributed by atoms with Crippen molar-refractivity contribution in [3.8, 4) is 0 Å². The Morgan fingerprint density at radius 3 is 2.16 bits per heavy atom. The SMILES string of the molecule is CC(C)(C)OC(=O)N(Cc1ccc(C(=O)C(N)(CCC(=O)O)C(=O)O)cc1)S(=O)(=O)CCSCC(O)CO. The topological polar surface area (TPSA) is 222 Å². The summed E-state index contributed by atoms with van der Waals surface area (Å²) in [6.07, 6.45) is -3.43. The van der Waals surface area contributed by atoms with Gasteiger partial charge in [0.2, 0.25) is 10.0 Å². The first-order chi connectivity index (χ1) is 17.4. The van der Waals surface area contributed by atoms with Crippen LogP contribution in [0.3, 0.4) is 0 Å². The van der Waals surface area contributed by atoms with E-state index in [2.05, 4.69) is 0 Å². The van der Waals surface area contributed by atoms with Crippen molar-refractivity contribution in [2.24, 2.45) is 5.73 Å². The van der Waals surface area contributed by atoms with Gasteiger partial charge in [-0.3, -0.25) is 9.59 Å². The Labute approximate surface area is 225 Å². The zero-order chi connectivity index (χ0) is 29.3. The highest BCUT2D eigenvalue weighted by atomic mass is 32.2. The zero-order valence-corrected chi connectivity index (χ0v) is 23.0. The second-order valence-corrected chi connectivity index (χ2v) is 12.6. The molecule has 2 atom stereocenters. The van der Waals surface area contributed by atoms with Crippen LogP contribution >= 0.6 is 11.8 Å². The van der Waals surface area contributed by atoms with Crippen LogP contribution in [0, 0.1) is 0 Å². The second-order valence-electron chi connectivity index (χ2n) is 9.41. The average molecular weight is 579 g/mol. The molecular formula is C23H34N2O11S2. The van der Waals surface area contributed by atoms with Crippen LogP contribution in [0.5, 0.6) is 0 Å². The molecule has 1 aromatic rings. The van der Waals surface area contributed by atoms with Crippen molar-refractivity contribution in [1.29, 1.82) is 0 Å². The van der Waals surface area contributed by atoms with Crippen LogP contribution in [0.4, 0.5) is 4.79 Å². The average Bonchev–Trinajstić information content (AvgIpc) is 2.81. The van der Waals surface area contributed by atoms with Gasteiger partial charge in [0.05, 0.1) is 25.0 Å². The van der Waals surface area contributed by atoms with E-state index < -0.39 is 82.8 Å². The Morgan fingerprint density at radius 1 is 1.11 bits per heavy atom. The number of rotatable bonds is 15. The number of nitrogens with two attached hydrogens (primary N) is 1. The van der Waals surface area contributed by atoms with Crippen molar-refractivity contribution in [3.63, 3.8) is 0 Å². The Hall–Kier alpha value is -2.72. The molecule has 0 bridgehead atoms. The largest absolute Gasteiger partial charge is 0.481 e.